The number of aryl methyl sites for hydroxylation is 1. The van der Waals surface area contributed by atoms with Crippen LogP contribution in [0.4, 0.5) is 11.4 Å². The molecule has 1 heterocycles. The van der Waals surface area contributed by atoms with Gasteiger partial charge in [0.25, 0.3) is 10.0 Å². The first-order valence-electron chi connectivity index (χ1n) is 5.94. The summed E-state index contributed by atoms with van der Waals surface area (Å²) in [7, 11) is -4.52. The molecule has 0 fully saturated rings. The normalized spacial score (nSPS) is 12.1. The molecule has 1 N–H and O–H groups in total. The minimum atomic E-state index is -3.81. The standard InChI is InChI=1S/C12H16N4O3S2/c1-16-8-12(13-9-16)21(18,19)15-11-7-5-4-6-10(11)14-20(2,3)17/h4-9,15H,1-3H3. The summed E-state index contributed by atoms with van der Waals surface area (Å²) in [5, 5.41) is -0.0893. The molecule has 0 aliphatic carbocycles. The fourth-order valence-corrected chi connectivity index (χ4v) is 3.29. The summed E-state index contributed by atoms with van der Waals surface area (Å²) in [4.78, 5) is 3.81. The Hall–Kier alpha value is -1.87. The lowest BCUT2D eigenvalue weighted by Gasteiger charge is -2.08. The van der Waals surface area contributed by atoms with Crippen LogP contribution < -0.4 is 4.72 Å². The topological polar surface area (TPSA) is 93.4 Å². The molecule has 0 radical (unpaired) electrons. The van der Waals surface area contributed by atoms with Gasteiger partial charge in [-0.2, -0.15) is 12.8 Å². The van der Waals surface area contributed by atoms with Crippen molar-refractivity contribution < 1.29 is 12.6 Å². The lowest BCUT2D eigenvalue weighted by molar-refractivity contribution is 0.598. The first kappa shape index (κ1) is 15.5. The van der Waals surface area contributed by atoms with Gasteiger partial charge in [0.1, 0.15) is 0 Å². The van der Waals surface area contributed by atoms with E-state index in [1.165, 1.54) is 29.6 Å². The molecule has 2 rings (SSSR count). The van der Waals surface area contributed by atoms with Crippen molar-refractivity contribution in [3.63, 3.8) is 0 Å². The summed E-state index contributed by atoms with van der Waals surface area (Å²) < 4.78 is 44.3. The predicted octanol–water partition coefficient (Wildman–Crippen LogP) is 1.58. The maximum atomic E-state index is 12.2. The molecule has 0 saturated heterocycles. The zero-order chi connectivity index (χ0) is 15.7. The fourth-order valence-electron chi connectivity index (χ4n) is 1.60. The molecule has 0 amide bonds. The van der Waals surface area contributed by atoms with Gasteiger partial charge in [-0.15, -0.1) is 0 Å². The molecule has 0 unspecified atom stereocenters. The number of benzene rings is 1. The van der Waals surface area contributed by atoms with Gasteiger partial charge in [0, 0.05) is 35.5 Å². The molecular weight excluding hydrogens is 312 g/mol. The van der Waals surface area contributed by atoms with Crippen LogP contribution in [-0.4, -0.2) is 34.7 Å². The Bertz CT molecular complexity index is 869. The summed E-state index contributed by atoms with van der Waals surface area (Å²) >= 11 is 0. The van der Waals surface area contributed by atoms with Crippen LogP contribution in [0.15, 0.2) is 46.2 Å². The Labute approximate surface area is 124 Å². The minimum Gasteiger partial charge on any atom is -0.339 e. The maximum Gasteiger partial charge on any atom is 0.281 e. The molecule has 0 saturated carbocycles. The van der Waals surface area contributed by atoms with Crippen LogP contribution in [-0.2, 0) is 26.8 Å². The van der Waals surface area contributed by atoms with Gasteiger partial charge in [0.2, 0.25) is 0 Å². The highest BCUT2D eigenvalue weighted by Gasteiger charge is 2.18. The van der Waals surface area contributed by atoms with E-state index in [1.807, 2.05) is 0 Å². The Morgan fingerprint density at radius 2 is 1.86 bits per heavy atom. The molecule has 0 aliphatic rings. The van der Waals surface area contributed by atoms with E-state index >= 15 is 0 Å². The average Bonchev–Trinajstić information content (AvgIpc) is 2.77. The molecule has 2 aromatic rings. The predicted molar refractivity (Wildman–Crippen MR) is 82.5 cm³/mol. The van der Waals surface area contributed by atoms with E-state index in [0.29, 0.717) is 5.69 Å². The van der Waals surface area contributed by atoms with Gasteiger partial charge in [0.15, 0.2) is 5.03 Å². The summed E-state index contributed by atoms with van der Waals surface area (Å²) in [5.41, 5.74) is 0.589. The summed E-state index contributed by atoms with van der Waals surface area (Å²) in [5.74, 6) is 0. The van der Waals surface area contributed by atoms with Crippen LogP contribution in [0.2, 0.25) is 0 Å². The van der Waals surface area contributed by atoms with Crippen LogP contribution >= 0.6 is 0 Å². The number of sulfonamides is 1. The lowest BCUT2D eigenvalue weighted by atomic mass is 10.3. The Morgan fingerprint density at radius 3 is 2.43 bits per heavy atom. The number of nitrogens with one attached hydrogen (secondary N) is 1. The number of imidazole rings is 1. The second kappa shape index (κ2) is 5.49. The van der Waals surface area contributed by atoms with Crippen molar-refractivity contribution in [2.24, 2.45) is 11.4 Å². The van der Waals surface area contributed by atoms with Gasteiger partial charge in [-0.25, -0.2) is 9.19 Å². The van der Waals surface area contributed by atoms with Crippen LogP contribution in [0.25, 0.3) is 0 Å². The summed E-state index contributed by atoms with van der Waals surface area (Å²) in [6.45, 7) is 0. The van der Waals surface area contributed by atoms with Crippen molar-refractivity contribution in [1.29, 1.82) is 0 Å². The third-order valence-electron chi connectivity index (χ3n) is 2.42. The van der Waals surface area contributed by atoms with Gasteiger partial charge in [0.05, 0.1) is 17.7 Å². The van der Waals surface area contributed by atoms with Crippen LogP contribution in [0, 0.1) is 0 Å². The molecule has 7 nitrogen and oxygen atoms in total. The molecule has 9 heteroatoms. The molecule has 21 heavy (non-hydrogen) atoms. The number of hydrogen-bond acceptors (Lipinski definition) is 5. The van der Waals surface area contributed by atoms with Crippen molar-refractivity contribution in [3.8, 4) is 0 Å². The molecule has 0 atom stereocenters. The summed E-state index contributed by atoms with van der Waals surface area (Å²) in [6, 6.07) is 6.53. The third-order valence-corrected chi connectivity index (χ3v) is 4.31. The fraction of sp³-hybridized carbons (Fsp3) is 0.250. The number of rotatable bonds is 4. The number of para-hydroxylation sites is 1. The second-order valence-electron chi connectivity index (χ2n) is 4.77. The third kappa shape index (κ3) is 4.05. The minimum absolute atomic E-state index is 0.0893. The van der Waals surface area contributed by atoms with E-state index in [0.717, 1.165) is 0 Å². The molecular formula is C12H16N4O3S2. The van der Waals surface area contributed by atoms with Gasteiger partial charge in [-0.1, -0.05) is 12.1 Å². The molecule has 114 valence electrons. The van der Waals surface area contributed by atoms with E-state index in [1.54, 1.807) is 31.3 Å². The van der Waals surface area contributed by atoms with Crippen LogP contribution in [0.5, 0.6) is 0 Å². The highest BCUT2D eigenvalue weighted by atomic mass is 32.2. The Balaban J connectivity index is 2.43. The van der Waals surface area contributed by atoms with E-state index in [2.05, 4.69) is 14.1 Å². The smallest absolute Gasteiger partial charge is 0.281 e. The maximum absolute atomic E-state index is 12.2. The lowest BCUT2D eigenvalue weighted by Crippen LogP contribution is -2.13. The van der Waals surface area contributed by atoms with Gasteiger partial charge < -0.3 is 4.57 Å². The van der Waals surface area contributed by atoms with Crippen molar-refractivity contribution in [2.75, 3.05) is 17.2 Å². The van der Waals surface area contributed by atoms with Crippen LogP contribution in [0.1, 0.15) is 0 Å². The largest absolute Gasteiger partial charge is 0.339 e. The molecule has 1 aromatic carbocycles. The van der Waals surface area contributed by atoms with E-state index in [9.17, 15) is 12.6 Å². The van der Waals surface area contributed by atoms with Gasteiger partial charge in [-0.05, 0) is 12.1 Å². The summed E-state index contributed by atoms with van der Waals surface area (Å²) in [6.07, 6.45) is 5.76. The Morgan fingerprint density at radius 1 is 1.19 bits per heavy atom. The Kier molecular flexibility index (Phi) is 4.06. The highest BCUT2D eigenvalue weighted by Crippen LogP contribution is 2.27. The number of hydrogen-bond donors (Lipinski definition) is 1. The first-order chi connectivity index (χ1) is 9.67. The molecule has 0 spiro atoms. The zero-order valence-corrected chi connectivity index (χ0v) is 13.5. The molecule has 0 bridgehead atoms. The SMILES string of the molecule is Cn1cnc(S(=O)(=O)Nc2ccccc2N=S(C)(C)=O)c1. The highest BCUT2D eigenvalue weighted by molar-refractivity contribution is 7.93. The molecule has 1 aromatic heterocycles. The first-order valence-corrected chi connectivity index (χ1v) is 9.76. The number of nitrogens with zero attached hydrogens (tertiary/aromatic N) is 3. The average molecular weight is 328 g/mol. The van der Waals surface area contributed by atoms with Crippen LogP contribution in [0.3, 0.4) is 0 Å². The van der Waals surface area contributed by atoms with Gasteiger partial charge >= 0.3 is 0 Å². The van der Waals surface area contributed by atoms with Crippen molar-refractivity contribution in [3.05, 3.63) is 36.8 Å². The number of anilines is 1. The monoisotopic (exact) mass is 328 g/mol. The second-order valence-corrected chi connectivity index (χ2v) is 8.95. The van der Waals surface area contributed by atoms with Gasteiger partial charge in [-0.3, -0.25) is 4.72 Å². The van der Waals surface area contributed by atoms with E-state index < -0.39 is 19.8 Å². The van der Waals surface area contributed by atoms with Crippen molar-refractivity contribution in [2.45, 2.75) is 5.03 Å². The number of aromatic nitrogens is 2. The van der Waals surface area contributed by atoms with Crippen molar-refractivity contribution in [1.82, 2.24) is 9.55 Å². The van der Waals surface area contributed by atoms with E-state index in [4.69, 9.17) is 0 Å². The quantitative estimate of drug-likeness (QED) is 0.922. The van der Waals surface area contributed by atoms with E-state index in [-0.39, 0.29) is 10.7 Å². The zero-order valence-electron chi connectivity index (χ0n) is 11.8. The van der Waals surface area contributed by atoms with Crippen molar-refractivity contribution >= 4 is 31.1 Å². The molecule has 0 aliphatic heterocycles.